The molecule has 0 spiro atoms. The van der Waals surface area contributed by atoms with E-state index in [9.17, 15) is 13.2 Å². The molecule has 0 atom stereocenters. The maximum Gasteiger partial charge on any atom is 0.573 e. The third-order valence-electron chi connectivity index (χ3n) is 1.27. The summed E-state index contributed by atoms with van der Waals surface area (Å²) in [4.78, 5) is 2.99. The van der Waals surface area contributed by atoms with E-state index in [1.807, 2.05) is 0 Å². The van der Waals surface area contributed by atoms with Crippen molar-refractivity contribution in [2.75, 3.05) is 0 Å². The second kappa shape index (κ2) is 3.76. The zero-order valence-corrected chi connectivity index (χ0v) is 7.36. The topological polar surface area (TPSA) is 13.6 Å². The molecule has 14 heavy (non-hydrogen) atoms. The molecule has 6 heteroatoms. The van der Waals surface area contributed by atoms with E-state index in [2.05, 4.69) is 9.58 Å². The molecule has 0 saturated carbocycles. The lowest BCUT2D eigenvalue weighted by Gasteiger charge is -2.08. The first kappa shape index (κ1) is 10.7. The van der Waals surface area contributed by atoms with E-state index in [-0.39, 0.29) is 10.7 Å². The Bertz CT molecular complexity index is 383. The summed E-state index contributed by atoms with van der Waals surface area (Å²) in [6.45, 7) is 6.61. The van der Waals surface area contributed by atoms with Gasteiger partial charge in [-0.3, -0.25) is 0 Å². The van der Waals surface area contributed by atoms with Gasteiger partial charge in [-0.2, -0.15) is 0 Å². The molecular weight excluding hydrogens is 219 g/mol. The molecule has 0 N–H and O–H groups in total. The van der Waals surface area contributed by atoms with Crippen LogP contribution in [0.2, 0.25) is 5.02 Å². The molecule has 1 aromatic carbocycles. The first-order valence-electron chi connectivity index (χ1n) is 3.35. The van der Waals surface area contributed by atoms with Crippen molar-refractivity contribution in [3.8, 4) is 5.75 Å². The number of alkyl halides is 3. The average Bonchev–Trinajstić information content (AvgIpc) is 2.01. The van der Waals surface area contributed by atoms with Gasteiger partial charge in [-0.05, 0) is 12.1 Å². The van der Waals surface area contributed by atoms with Gasteiger partial charge in [0.25, 0.3) is 0 Å². The number of hydrogen-bond donors (Lipinski definition) is 0. The van der Waals surface area contributed by atoms with Crippen LogP contribution in [0, 0.1) is 6.57 Å². The molecule has 0 aliphatic carbocycles. The summed E-state index contributed by atoms with van der Waals surface area (Å²) in [5, 5.41) is -0.0678. The Kier molecular flexibility index (Phi) is 2.87. The van der Waals surface area contributed by atoms with E-state index >= 15 is 0 Å². The lowest BCUT2D eigenvalue weighted by Crippen LogP contribution is -2.16. The van der Waals surface area contributed by atoms with Gasteiger partial charge in [0.15, 0.2) is 0 Å². The van der Waals surface area contributed by atoms with Gasteiger partial charge in [0.05, 0.1) is 11.6 Å². The van der Waals surface area contributed by atoms with Crippen LogP contribution in [0.1, 0.15) is 0 Å². The first-order chi connectivity index (χ1) is 6.42. The zero-order valence-electron chi connectivity index (χ0n) is 6.60. The van der Waals surface area contributed by atoms with Gasteiger partial charge < -0.3 is 4.74 Å². The van der Waals surface area contributed by atoms with Gasteiger partial charge in [-0.15, -0.1) is 13.2 Å². The minimum Gasteiger partial charge on any atom is -0.406 e. The highest BCUT2D eigenvalue weighted by Gasteiger charge is 2.31. The first-order valence-corrected chi connectivity index (χ1v) is 3.73. The SMILES string of the molecule is [C-]#[N+]c1ccc(OC(F)(F)F)cc1Cl. The Labute approximate surface area is 82.7 Å². The van der Waals surface area contributed by atoms with Crippen LogP contribution in [-0.4, -0.2) is 6.36 Å². The highest BCUT2D eigenvalue weighted by atomic mass is 35.5. The zero-order chi connectivity index (χ0) is 10.8. The van der Waals surface area contributed by atoms with Gasteiger partial charge in [0, 0.05) is 0 Å². The Morgan fingerprint density at radius 2 is 2.00 bits per heavy atom. The van der Waals surface area contributed by atoms with Gasteiger partial charge in [0.2, 0.25) is 5.69 Å². The fourth-order valence-electron chi connectivity index (χ4n) is 0.775. The number of halogens is 4. The molecule has 0 saturated heterocycles. The predicted octanol–water partition coefficient (Wildman–Crippen LogP) is 3.79. The molecule has 0 radical (unpaired) electrons. The fourth-order valence-corrected chi connectivity index (χ4v) is 0.988. The number of hydrogen-bond acceptors (Lipinski definition) is 1. The molecule has 0 aliphatic heterocycles. The number of ether oxygens (including phenoxy) is 1. The molecule has 0 aromatic heterocycles. The summed E-state index contributed by atoms with van der Waals surface area (Å²) in [6, 6.07) is 3.14. The van der Waals surface area contributed by atoms with Gasteiger partial charge in [0.1, 0.15) is 5.75 Å². The van der Waals surface area contributed by atoms with Crippen molar-refractivity contribution in [1.82, 2.24) is 0 Å². The summed E-state index contributed by atoms with van der Waals surface area (Å²) in [6.07, 6.45) is -4.75. The summed E-state index contributed by atoms with van der Waals surface area (Å²) < 4.78 is 38.8. The Hall–Kier alpha value is -1.41. The van der Waals surface area contributed by atoms with E-state index in [0.717, 1.165) is 18.2 Å². The summed E-state index contributed by atoms with van der Waals surface area (Å²) in [5.74, 6) is -0.435. The number of benzene rings is 1. The van der Waals surface area contributed by atoms with Crippen LogP contribution in [0.3, 0.4) is 0 Å². The maximum atomic E-state index is 11.7. The van der Waals surface area contributed by atoms with Crippen molar-refractivity contribution in [1.29, 1.82) is 0 Å². The molecular formula is C8H3ClF3NO. The van der Waals surface area contributed by atoms with Crippen LogP contribution in [0.5, 0.6) is 5.75 Å². The van der Waals surface area contributed by atoms with Crippen molar-refractivity contribution in [3.63, 3.8) is 0 Å². The second-order valence-corrected chi connectivity index (χ2v) is 2.68. The molecule has 1 aromatic rings. The minimum absolute atomic E-state index is 0.0678. The van der Waals surface area contributed by atoms with Gasteiger partial charge in [-0.25, -0.2) is 4.85 Å². The summed E-state index contributed by atoms with van der Waals surface area (Å²) in [7, 11) is 0. The van der Waals surface area contributed by atoms with E-state index < -0.39 is 12.1 Å². The van der Waals surface area contributed by atoms with E-state index in [1.165, 1.54) is 0 Å². The standard InChI is InChI=1S/C8H3ClF3NO/c1-13-7-3-2-5(4-6(7)9)14-8(10,11)12/h2-4H. The fraction of sp³-hybridized carbons (Fsp3) is 0.125. The molecule has 2 nitrogen and oxygen atoms in total. The monoisotopic (exact) mass is 221 g/mol. The van der Waals surface area contributed by atoms with Crippen LogP contribution in [0.4, 0.5) is 18.9 Å². The lowest BCUT2D eigenvalue weighted by molar-refractivity contribution is -0.274. The van der Waals surface area contributed by atoms with Gasteiger partial charge >= 0.3 is 6.36 Å². The van der Waals surface area contributed by atoms with E-state index in [4.69, 9.17) is 18.2 Å². The second-order valence-electron chi connectivity index (χ2n) is 2.27. The van der Waals surface area contributed by atoms with E-state index in [0.29, 0.717) is 0 Å². The maximum absolute atomic E-state index is 11.7. The summed E-state index contributed by atoms with van der Waals surface area (Å²) in [5.41, 5.74) is 0.0844. The van der Waals surface area contributed by atoms with Crippen molar-refractivity contribution in [2.45, 2.75) is 6.36 Å². The Morgan fingerprint density at radius 3 is 2.43 bits per heavy atom. The van der Waals surface area contributed by atoms with Crippen LogP contribution in [-0.2, 0) is 0 Å². The smallest absolute Gasteiger partial charge is 0.406 e. The predicted molar refractivity (Wildman–Crippen MR) is 44.4 cm³/mol. The molecule has 0 heterocycles. The quantitative estimate of drug-likeness (QED) is 0.658. The van der Waals surface area contributed by atoms with Crippen LogP contribution < -0.4 is 4.74 Å². The van der Waals surface area contributed by atoms with E-state index in [1.54, 1.807) is 0 Å². The van der Waals surface area contributed by atoms with Crippen molar-refractivity contribution < 1.29 is 17.9 Å². The molecule has 0 bridgehead atoms. The molecule has 0 fully saturated rings. The van der Waals surface area contributed by atoms with Crippen LogP contribution >= 0.6 is 11.6 Å². The normalized spacial score (nSPS) is 10.8. The largest absolute Gasteiger partial charge is 0.573 e. The summed E-state index contributed by atoms with van der Waals surface area (Å²) >= 11 is 5.50. The minimum atomic E-state index is -4.75. The Balaban J connectivity index is 2.94. The number of nitrogens with zero attached hydrogens (tertiary/aromatic N) is 1. The third kappa shape index (κ3) is 2.82. The highest BCUT2D eigenvalue weighted by molar-refractivity contribution is 6.33. The molecule has 0 amide bonds. The lowest BCUT2D eigenvalue weighted by atomic mass is 10.3. The average molecular weight is 222 g/mol. The van der Waals surface area contributed by atoms with Crippen LogP contribution in [0.25, 0.3) is 4.85 Å². The number of rotatable bonds is 1. The van der Waals surface area contributed by atoms with Crippen molar-refractivity contribution >= 4 is 17.3 Å². The Morgan fingerprint density at radius 1 is 1.36 bits per heavy atom. The molecule has 74 valence electrons. The molecule has 0 aliphatic rings. The van der Waals surface area contributed by atoms with Crippen molar-refractivity contribution in [2.24, 2.45) is 0 Å². The van der Waals surface area contributed by atoms with Crippen molar-refractivity contribution in [3.05, 3.63) is 34.6 Å². The molecule has 1 rings (SSSR count). The third-order valence-corrected chi connectivity index (χ3v) is 1.58. The van der Waals surface area contributed by atoms with Crippen LogP contribution in [0.15, 0.2) is 18.2 Å². The van der Waals surface area contributed by atoms with Gasteiger partial charge in [-0.1, -0.05) is 17.7 Å². The highest BCUT2D eigenvalue weighted by Crippen LogP contribution is 2.31. The molecule has 0 unspecified atom stereocenters.